The molecule has 0 fully saturated rings. The van der Waals surface area contributed by atoms with Gasteiger partial charge >= 0.3 is 0 Å². The maximum absolute atomic E-state index is 13.2. The lowest BCUT2D eigenvalue weighted by Gasteiger charge is -2.26. The molecule has 1 amide bonds. The average Bonchev–Trinajstić information content (AvgIpc) is 3.40. The molecule has 28 heavy (non-hydrogen) atoms. The summed E-state index contributed by atoms with van der Waals surface area (Å²) in [6, 6.07) is 10.6. The van der Waals surface area contributed by atoms with Crippen molar-refractivity contribution < 1.29 is 19.4 Å². The lowest BCUT2D eigenvalue weighted by Crippen LogP contribution is -2.33. The molecule has 1 aliphatic heterocycles. The summed E-state index contributed by atoms with van der Waals surface area (Å²) < 4.78 is 7.11. The Balaban J connectivity index is 1.90. The number of ether oxygens (including phenoxy) is 1. The Morgan fingerprint density at radius 1 is 1.25 bits per heavy atom. The number of thiophene rings is 1. The van der Waals surface area contributed by atoms with Crippen molar-refractivity contribution in [3.05, 3.63) is 69.7 Å². The minimum atomic E-state index is -0.664. The normalized spacial score (nSPS) is 17.1. The molecule has 1 aliphatic rings. The molecule has 0 saturated carbocycles. The fourth-order valence-electron chi connectivity index (χ4n) is 3.76. The van der Waals surface area contributed by atoms with Crippen LogP contribution in [0.3, 0.4) is 0 Å². The molecule has 4 rings (SSSR count). The fourth-order valence-corrected chi connectivity index (χ4v) is 4.44. The van der Waals surface area contributed by atoms with Crippen molar-refractivity contribution in [2.75, 3.05) is 20.3 Å². The van der Waals surface area contributed by atoms with E-state index in [0.717, 1.165) is 16.5 Å². The molecule has 0 bridgehead atoms. The van der Waals surface area contributed by atoms with Gasteiger partial charge in [-0.25, -0.2) is 0 Å². The van der Waals surface area contributed by atoms with E-state index in [1.165, 1.54) is 16.2 Å². The minimum Gasteiger partial charge on any atom is -0.503 e. The highest BCUT2D eigenvalue weighted by molar-refractivity contribution is 7.12. The first-order valence-electron chi connectivity index (χ1n) is 8.89. The molecule has 3 aromatic rings. The first-order valence-corrected chi connectivity index (χ1v) is 9.77. The van der Waals surface area contributed by atoms with Crippen LogP contribution in [0, 0.1) is 0 Å². The van der Waals surface area contributed by atoms with E-state index in [2.05, 4.69) is 0 Å². The number of aryl methyl sites for hydroxylation is 1. The van der Waals surface area contributed by atoms with Gasteiger partial charge in [0.2, 0.25) is 5.78 Å². The topological polar surface area (TPSA) is 71.8 Å². The summed E-state index contributed by atoms with van der Waals surface area (Å²) in [7, 11) is 3.48. The van der Waals surface area contributed by atoms with E-state index >= 15 is 0 Å². The van der Waals surface area contributed by atoms with E-state index in [1.807, 2.05) is 42.1 Å². The summed E-state index contributed by atoms with van der Waals surface area (Å²) in [6.45, 7) is 0.579. The Bertz CT molecular complexity index is 1080. The summed E-state index contributed by atoms with van der Waals surface area (Å²) in [5.41, 5.74) is 1.93. The number of carbonyl (C=O) groups is 2. The third kappa shape index (κ3) is 2.83. The number of aliphatic hydroxyl groups is 1. The highest BCUT2D eigenvalue weighted by Gasteiger charge is 2.44. The number of hydrogen-bond donors (Lipinski definition) is 1. The molecular formula is C21H20N2O4S. The minimum absolute atomic E-state index is 0.125. The van der Waals surface area contributed by atoms with Gasteiger partial charge in [-0.3, -0.25) is 9.59 Å². The number of aliphatic hydroxyl groups excluding tert-OH is 1. The molecule has 1 aromatic carbocycles. The van der Waals surface area contributed by atoms with Gasteiger partial charge in [-0.05, 0) is 17.5 Å². The van der Waals surface area contributed by atoms with Crippen molar-refractivity contribution in [1.82, 2.24) is 9.47 Å². The maximum atomic E-state index is 13.2. The summed E-state index contributed by atoms with van der Waals surface area (Å²) in [5, 5.41) is 13.4. The number of benzene rings is 1. The van der Waals surface area contributed by atoms with Gasteiger partial charge in [-0.2, -0.15) is 0 Å². The second kappa shape index (κ2) is 7.26. The van der Waals surface area contributed by atoms with Crippen LogP contribution >= 0.6 is 11.3 Å². The first-order chi connectivity index (χ1) is 13.5. The molecule has 1 atom stereocenters. The van der Waals surface area contributed by atoms with E-state index < -0.39 is 17.7 Å². The van der Waals surface area contributed by atoms with Crippen LogP contribution in [0.25, 0.3) is 10.9 Å². The third-order valence-electron chi connectivity index (χ3n) is 5.05. The molecule has 7 heteroatoms. The maximum Gasteiger partial charge on any atom is 0.290 e. The highest BCUT2D eigenvalue weighted by atomic mass is 32.1. The lowest BCUT2D eigenvalue weighted by atomic mass is 9.95. The standard InChI is InChI=1S/C21H20N2O4S/c1-22-12-14(13-6-3-4-7-15(13)22)18-17(19(24)16-8-5-11-28-16)20(25)21(26)23(18)9-10-27-2/h3-8,11-12,18,25H,9-10H2,1-2H3. The predicted molar refractivity (Wildman–Crippen MR) is 108 cm³/mol. The van der Waals surface area contributed by atoms with Gasteiger partial charge < -0.3 is 19.3 Å². The van der Waals surface area contributed by atoms with Gasteiger partial charge in [0.15, 0.2) is 5.76 Å². The van der Waals surface area contributed by atoms with Crippen LogP contribution in [0.2, 0.25) is 0 Å². The molecule has 0 spiro atoms. The predicted octanol–water partition coefficient (Wildman–Crippen LogP) is 3.46. The number of para-hydroxylation sites is 1. The van der Waals surface area contributed by atoms with Crippen LogP contribution in [0.4, 0.5) is 0 Å². The van der Waals surface area contributed by atoms with E-state index in [0.29, 0.717) is 11.5 Å². The quantitative estimate of drug-likeness (QED) is 0.648. The molecule has 0 saturated heterocycles. The van der Waals surface area contributed by atoms with Gasteiger partial charge in [0.1, 0.15) is 0 Å². The molecule has 3 heterocycles. The molecule has 0 aliphatic carbocycles. The largest absolute Gasteiger partial charge is 0.503 e. The Morgan fingerprint density at radius 3 is 2.75 bits per heavy atom. The van der Waals surface area contributed by atoms with Crippen molar-refractivity contribution in [3.8, 4) is 0 Å². The summed E-state index contributed by atoms with van der Waals surface area (Å²) in [5.74, 6) is -1.35. The number of aromatic nitrogens is 1. The molecule has 6 nitrogen and oxygen atoms in total. The van der Waals surface area contributed by atoms with Crippen LogP contribution in [0.1, 0.15) is 21.3 Å². The lowest BCUT2D eigenvalue weighted by molar-refractivity contribution is -0.130. The monoisotopic (exact) mass is 396 g/mol. The summed E-state index contributed by atoms with van der Waals surface area (Å²) in [4.78, 5) is 28.0. The number of carbonyl (C=O) groups excluding carboxylic acids is 2. The van der Waals surface area contributed by atoms with Crippen molar-refractivity contribution in [2.24, 2.45) is 7.05 Å². The number of Topliss-reactive ketones (excluding diaryl/α,β-unsaturated/α-hetero) is 1. The number of amides is 1. The molecule has 144 valence electrons. The Kier molecular flexibility index (Phi) is 4.78. The van der Waals surface area contributed by atoms with Gasteiger partial charge in [0.05, 0.1) is 23.1 Å². The van der Waals surface area contributed by atoms with Crippen LogP contribution in [0.15, 0.2) is 59.3 Å². The Hall–Kier alpha value is -2.90. The average molecular weight is 396 g/mol. The number of fused-ring (bicyclic) bond motifs is 1. The molecule has 0 radical (unpaired) electrons. The van der Waals surface area contributed by atoms with Crippen molar-refractivity contribution in [1.29, 1.82) is 0 Å². The van der Waals surface area contributed by atoms with E-state index in [-0.39, 0.29) is 17.9 Å². The zero-order valence-corrected chi connectivity index (χ0v) is 16.4. The van der Waals surface area contributed by atoms with Gasteiger partial charge in [0.25, 0.3) is 5.91 Å². The Labute approximate surface area is 166 Å². The molecule has 1 unspecified atom stereocenters. The van der Waals surface area contributed by atoms with Gasteiger partial charge in [-0.15, -0.1) is 11.3 Å². The summed E-state index contributed by atoms with van der Waals surface area (Å²) >= 11 is 1.29. The molecular weight excluding hydrogens is 376 g/mol. The van der Waals surface area contributed by atoms with E-state index in [9.17, 15) is 14.7 Å². The van der Waals surface area contributed by atoms with Gasteiger partial charge in [-0.1, -0.05) is 24.3 Å². The number of rotatable bonds is 6. The van der Waals surface area contributed by atoms with E-state index in [1.54, 1.807) is 24.6 Å². The third-order valence-corrected chi connectivity index (χ3v) is 5.92. The number of methoxy groups -OCH3 is 1. The van der Waals surface area contributed by atoms with Crippen LogP contribution in [0.5, 0.6) is 0 Å². The smallest absolute Gasteiger partial charge is 0.290 e. The number of ketones is 1. The number of nitrogens with zero attached hydrogens (tertiary/aromatic N) is 2. The highest BCUT2D eigenvalue weighted by Crippen LogP contribution is 2.42. The SMILES string of the molecule is COCCN1C(=O)C(O)=C(C(=O)c2cccs2)C1c1cn(C)c2ccccc12. The second-order valence-electron chi connectivity index (χ2n) is 6.68. The van der Waals surface area contributed by atoms with Crippen LogP contribution in [-0.2, 0) is 16.6 Å². The molecule has 1 N–H and O–H groups in total. The van der Waals surface area contributed by atoms with E-state index in [4.69, 9.17) is 4.74 Å². The number of hydrogen-bond acceptors (Lipinski definition) is 5. The zero-order valence-electron chi connectivity index (χ0n) is 15.6. The fraction of sp³-hybridized carbons (Fsp3) is 0.238. The zero-order chi connectivity index (χ0) is 19.8. The van der Waals surface area contributed by atoms with Gasteiger partial charge in [0, 0.05) is 43.4 Å². The van der Waals surface area contributed by atoms with Crippen molar-refractivity contribution >= 4 is 33.9 Å². The Morgan fingerprint density at radius 2 is 2.04 bits per heavy atom. The first kappa shape index (κ1) is 18.5. The van der Waals surface area contributed by atoms with Crippen molar-refractivity contribution in [3.63, 3.8) is 0 Å². The van der Waals surface area contributed by atoms with Crippen LogP contribution in [-0.4, -0.2) is 46.5 Å². The van der Waals surface area contributed by atoms with Crippen LogP contribution < -0.4 is 0 Å². The summed E-state index contributed by atoms with van der Waals surface area (Å²) in [6.07, 6.45) is 1.92. The van der Waals surface area contributed by atoms with Crippen molar-refractivity contribution in [2.45, 2.75) is 6.04 Å². The second-order valence-corrected chi connectivity index (χ2v) is 7.62. The molecule has 2 aromatic heterocycles.